The molecule has 0 unspecified atom stereocenters. The van der Waals surface area contributed by atoms with E-state index in [0.717, 1.165) is 103 Å². The minimum absolute atomic E-state index is 0.00289. The molecular weight excluding hydrogens is 757 g/mol. The maximum atomic E-state index is 13.0. The van der Waals surface area contributed by atoms with Crippen molar-refractivity contribution in [2.24, 2.45) is 5.92 Å². The number of H-pyrrole nitrogens is 1. The van der Waals surface area contributed by atoms with Gasteiger partial charge in [0.25, 0.3) is 0 Å². The van der Waals surface area contributed by atoms with Crippen LogP contribution < -0.4 is 20.5 Å². The second-order valence-corrected chi connectivity index (χ2v) is 22.5. The van der Waals surface area contributed by atoms with Crippen molar-refractivity contribution in [3.63, 3.8) is 0 Å². The number of pyridine rings is 1. The predicted molar refractivity (Wildman–Crippen MR) is 239 cm³/mol. The van der Waals surface area contributed by atoms with E-state index in [1.165, 1.54) is 6.07 Å². The smallest absolute Gasteiger partial charge is 0.412 e. The summed E-state index contributed by atoms with van der Waals surface area (Å²) in [6, 6.07) is 31.4. The lowest BCUT2D eigenvalue weighted by Crippen LogP contribution is -2.59. The fourth-order valence-electron chi connectivity index (χ4n) is 8.45. The van der Waals surface area contributed by atoms with Gasteiger partial charge in [-0.1, -0.05) is 81.4 Å². The molecule has 3 saturated heterocycles. The number of piperidine rings is 3. The molecule has 59 heavy (non-hydrogen) atoms. The zero-order valence-electron chi connectivity index (χ0n) is 35.2. The number of carbonyl (C=O) groups is 1. The summed E-state index contributed by atoms with van der Waals surface area (Å²) in [7, 11) is -2.19. The predicted octanol–water partition coefficient (Wildman–Crippen LogP) is 9.39. The minimum Gasteiger partial charge on any atom is -0.506 e. The molecule has 0 saturated carbocycles. The fraction of sp³-hybridized carbons (Fsp3) is 0.417. The van der Waals surface area contributed by atoms with Crippen LogP contribution in [0, 0.1) is 5.92 Å². The van der Waals surface area contributed by atoms with Crippen LogP contribution in [-0.4, -0.2) is 79.9 Å². The Morgan fingerprint density at radius 1 is 0.949 bits per heavy atom. The van der Waals surface area contributed by atoms with Gasteiger partial charge in [-0.25, -0.2) is 4.79 Å². The zero-order valence-corrected chi connectivity index (χ0v) is 36.2. The first-order chi connectivity index (χ1) is 28.3. The van der Waals surface area contributed by atoms with Crippen LogP contribution in [0.5, 0.6) is 11.5 Å². The van der Waals surface area contributed by atoms with Crippen LogP contribution in [0.1, 0.15) is 62.8 Å². The summed E-state index contributed by atoms with van der Waals surface area (Å²) in [5, 5.41) is 25.6. The van der Waals surface area contributed by atoms with Crippen LogP contribution in [0.3, 0.4) is 0 Å². The Bertz CT molecular complexity index is 2280. The molecular formula is C48H60N4O6Si. The van der Waals surface area contributed by atoms with Gasteiger partial charge in [0.05, 0.1) is 30.0 Å². The highest BCUT2D eigenvalue weighted by molar-refractivity contribution is 6.74. The highest BCUT2D eigenvalue weighted by Crippen LogP contribution is 2.42. The second-order valence-electron chi connectivity index (χ2n) is 17.8. The second kappa shape index (κ2) is 18.1. The number of aromatic hydroxyl groups is 1. The summed E-state index contributed by atoms with van der Waals surface area (Å²) in [6.45, 7) is 15.9. The van der Waals surface area contributed by atoms with Gasteiger partial charge in [-0.05, 0) is 128 Å². The van der Waals surface area contributed by atoms with Crippen molar-refractivity contribution in [3.05, 3.63) is 124 Å². The molecule has 4 N–H and O–H groups in total. The van der Waals surface area contributed by atoms with E-state index in [1.54, 1.807) is 17.0 Å². The number of carboxylic acid groups (broad SMARTS) is 1. The van der Waals surface area contributed by atoms with Gasteiger partial charge in [-0.2, -0.15) is 0 Å². The molecule has 0 spiro atoms. The number of aryl methyl sites for hydroxylation is 1. The molecule has 10 nitrogen and oxygen atoms in total. The number of benzene rings is 4. The molecule has 2 atom stereocenters. The fourth-order valence-corrected chi connectivity index (χ4v) is 9.73. The number of anilines is 1. The third-order valence-electron chi connectivity index (χ3n) is 12.8. The normalized spacial score (nSPS) is 18.5. The van der Waals surface area contributed by atoms with Gasteiger partial charge in [0, 0.05) is 30.1 Å². The number of hydrogen-bond donors (Lipinski definition) is 4. The molecule has 1 amide bonds. The highest BCUT2D eigenvalue weighted by atomic mass is 28.4. The third-order valence-corrected chi connectivity index (χ3v) is 17.2. The number of phenols is 1. The lowest BCUT2D eigenvalue weighted by atomic mass is 9.82. The minimum atomic E-state index is -2.19. The molecule has 2 bridgehead atoms. The Hall–Kier alpha value is -4.94. The first-order valence-corrected chi connectivity index (χ1v) is 24.1. The van der Waals surface area contributed by atoms with Gasteiger partial charge in [0.2, 0.25) is 5.56 Å². The van der Waals surface area contributed by atoms with E-state index < -0.39 is 14.4 Å². The van der Waals surface area contributed by atoms with Gasteiger partial charge < -0.3 is 34.6 Å². The van der Waals surface area contributed by atoms with E-state index in [9.17, 15) is 19.8 Å². The lowest BCUT2D eigenvalue weighted by Gasteiger charge is -2.48. The average Bonchev–Trinajstić information content (AvgIpc) is 3.21. The Balaban J connectivity index is 0.974. The van der Waals surface area contributed by atoms with Crippen molar-refractivity contribution in [1.82, 2.24) is 15.2 Å². The van der Waals surface area contributed by atoms with E-state index in [-0.39, 0.29) is 28.5 Å². The first-order valence-electron chi connectivity index (χ1n) is 21.2. The number of nitrogens with zero attached hydrogens (tertiary/aromatic N) is 2. The van der Waals surface area contributed by atoms with Crippen molar-refractivity contribution in [1.29, 1.82) is 0 Å². The maximum Gasteiger partial charge on any atom is 0.412 e. The van der Waals surface area contributed by atoms with Gasteiger partial charge in [0.1, 0.15) is 11.5 Å². The number of rotatable bonds is 16. The number of hydrogen-bond acceptors (Lipinski definition) is 7. The lowest BCUT2D eigenvalue weighted by molar-refractivity contribution is 0.0837. The van der Waals surface area contributed by atoms with Crippen molar-refractivity contribution in [3.8, 4) is 22.6 Å². The molecule has 4 heterocycles. The molecule has 0 aliphatic carbocycles. The number of fused-ring (bicyclic) bond motifs is 4. The number of aromatic nitrogens is 1. The molecule has 312 valence electrons. The summed E-state index contributed by atoms with van der Waals surface area (Å²) < 4.78 is 13.2. The average molecular weight is 817 g/mol. The molecule has 11 heteroatoms. The van der Waals surface area contributed by atoms with Crippen LogP contribution >= 0.6 is 0 Å². The third kappa shape index (κ3) is 9.92. The topological polar surface area (TPSA) is 127 Å². The monoisotopic (exact) mass is 816 g/mol. The standard InChI is InChI=1S/C48H60N4O6Si/c1-48(2,3)59(4,5)58-44(39-18-20-43(53)46-40(39)19-21-45(54)50-46)31-49-25-22-34-11-9-15-37(29-34)57-28-10-12-33-16-17-38(35-13-7-6-8-14-35)41(30-33)52(47(55)56)42-32-51-26-23-36(42)24-27-51/h6-9,11,13-21,29-30,36,42,44,49,53H,10,12,22-28,31-32H2,1-5H3,(H,50,54)(H,55,56)/t42-,44-/m0/s1. The van der Waals surface area contributed by atoms with Gasteiger partial charge in [-0.3, -0.25) is 9.69 Å². The highest BCUT2D eigenvalue weighted by Gasteiger charge is 2.41. The molecule has 3 aliphatic rings. The first kappa shape index (κ1) is 42.2. The number of aromatic amines is 1. The van der Waals surface area contributed by atoms with Crippen LogP contribution in [-0.2, 0) is 17.3 Å². The van der Waals surface area contributed by atoms with Crippen LogP contribution in [0.4, 0.5) is 10.5 Å². The van der Waals surface area contributed by atoms with E-state index in [2.05, 4.69) is 91.5 Å². The van der Waals surface area contributed by atoms with E-state index in [1.807, 2.05) is 36.4 Å². The summed E-state index contributed by atoms with van der Waals surface area (Å²) >= 11 is 0. The number of ether oxygens (including phenoxy) is 1. The van der Waals surface area contributed by atoms with Crippen LogP contribution in [0.2, 0.25) is 18.1 Å². The number of nitrogens with one attached hydrogen (secondary N) is 2. The summed E-state index contributed by atoms with van der Waals surface area (Å²) in [4.78, 5) is 32.0. The van der Waals surface area contributed by atoms with Crippen LogP contribution in [0.25, 0.3) is 22.0 Å². The van der Waals surface area contributed by atoms with E-state index in [4.69, 9.17) is 9.16 Å². The van der Waals surface area contributed by atoms with E-state index >= 15 is 0 Å². The molecule has 3 fully saturated rings. The van der Waals surface area contributed by atoms with Crippen molar-refractivity contribution < 1.29 is 24.2 Å². The van der Waals surface area contributed by atoms with Crippen LogP contribution in [0.15, 0.2) is 102 Å². The molecule has 1 aromatic heterocycles. The quantitative estimate of drug-likeness (QED) is 0.0574. The molecule has 5 aromatic rings. The Labute approximate surface area is 349 Å². The Morgan fingerprint density at radius 2 is 1.71 bits per heavy atom. The van der Waals surface area contributed by atoms with Crippen molar-refractivity contribution in [2.45, 2.75) is 83.2 Å². The Morgan fingerprint density at radius 3 is 2.42 bits per heavy atom. The zero-order chi connectivity index (χ0) is 41.7. The maximum absolute atomic E-state index is 13.0. The molecule has 8 rings (SSSR count). The summed E-state index contributed by atoms with van der Waals surface area (Å²) in [5.41, 5.74) is 6.08. The number of phenolic OH excluding ortho intramolecular Hbond substituents is 1. The number of amides is 1. The van der Waals surface area contributed by atoms with Gasteiger partial charge >= 0.3 is 6.09 Å². The molecule has 0 radical (unpaired) electrons. The summed E-state index contributed by atoms with van der Waals surface area (Å²) in [6.07, 6.45) is 3.27. The van der Waals surface area contributed by atoms with Crippen molar-refractivity contribution >= 4 is 31.0 Å². The Kier molecular flexibility index (Phi) is 13.0. The molecule has 3 aliphatic heterocycles. The van der Waals surface area contributed by atoms with Gasteiger partial charge in [0.15, 0.2) is 8.32 Å². The summed E-state index contributed by atoms with van der Waals surface area (Å²) in [5.74, 6) is 1.24. The van der Waals surface area contributed by atoms with Crippen molar-refractivity contribution in [2.75, 3.05) is 44.2 Å². The van der Waals surface area contributed by atoms with Gasteiger partial charge in [-0.15, -0.1) is 0 Å². The largest absolute Gasteiger partial charge is 0.506 e. The molecule has 4 aromatic carbocycles. The van der Waals surface area contributed by atoms with E-state index in [0.29, 0.717) is 24.6 Å². The SMILES string of the molecule is CC(C)(C)[Si](C)(C)O[C@@H](CNCCc1cccc(OCCCc2ccc(-c3ccccc3)c(N(C(=O)O)[C@H]3CN4CCC3CC4)c2)c1)c1ccc(O)c2[nH]c(=O)ccc12.